The van der Waals surface area contributed by atoms with Crippen molar-refractivity contribution < 1.29 is 8.42 Å². The van der Waals surface area contributed by atoms with Crippen LogP contribution in [0.5, 0.6) is 0 Å². The van der Waals surface area contributed by atoms with Crippen LogP contribution in [0.25, 0.3) is 0 Å². The molecule has 0 fully saturated rings. The molecule has 0 unspecified atom stereocenters. The van der Waals surface area contributed by atoms with Gasteiger partial charge in [0.2, 0.25) is 5.95 Å². The molecule has 0 bridgehead atoms. The van der Waals surface area contributed by atoms with Gasteiger partial charge < -0.3 is 10.6 Å². The van der Waals surface area contributed by atoms with Gasteiger partial charge in [0.1, 0.15) is 5.82 Å². The number of rotatable bonds is 7. The first-order valence-electron chi connectivity index (χ1n) is 8.02. The quantitative estimate of drug-likeness (QED) is 0.796. The van der Waals surface area contributed by atoms with Crippen LogP contribution in [0.3, 0.4) is 0 Å². The maximum atomic E-state index is 12.2. The Bertz CT molecular complexity index is 804. The minimum atomic E-state index is -3.24. The molecule has 6 nitrogen and oxygen atoms in total. The van der Waals surface area contributed by atoms with Crippen molar-refractivity contribution in [2.75, 3.05) is 16.4 Å². The SMILES string of the molecule is CCCS(=O)(=O)c1cccc(Nc2nc(NC(C)C)ncc2C)c1. The molecule has 2 aromatic rings. The number of anilines is 3. The summed E-state index contributed by atoms with van der Waals surface area (Å²) in [5, 5.41) is 6.34. The predicted octanol–water partition coefficient (Wildman–Crippen LogP) is 3.53. The first-order valence-corrected chi connectivity index (χ1v) is 9.67. The molecule has 2 rings (SSSR count). The first-order chi connectivity index (χ1) is 11.3. The normalized spacial score (nSPS) is 11.5. The van der Waals surface area contributed by atoms with Crippen LogP contribution in [-0.4, -0.2) is 30.2 Å². The monoisotopic (exact) mass is 348 g/mol. The van der Waals surface area contributed by atoms with Gasteiger partial charge in [0.05, 0.1) is 10.6 Å². The third-order valence-corrected chi connectivity index (χ3v) is 5.24. The summed E-state index contributed by atoms with van der Waals surface area (Å²) in [7, 11) is -3.24. The Balaban J connectivity index is 2.28. The number of benzene rings is 1. The van der Waals surface area contributed by atoms with Crippen molar-refractivity contribution in [2.45, 2.75) is 45.1 Å². The van der Waals surface area contributed by atoms with E-state index in [4.69, 9.17) is 0 Å². The van der Waals surface area contributed by atoms with E-state index < -0.39 is 9.84 Å². The van der Waals surface area contributed by atoms with E-state index in [9.17, 15) is 8.42 Å². The Morgan fingerprint density at radius 1 is 1.25 bits per heavy atom. The summed E-state index contributed by atoms with van der Waals surface area (Å²) in [5.74, 6) is 1.33. The molecule has 0 aliphatic carbocycles. The van der Waals surface area contributed by atoms with Crippen LogP contribution in [0, 0.1) is 6.92 Å². The lowest BCUT2D eigenvalue weighted by Crippen LogP contribution is -2.13. The molecule has 0 spiro atoms. The van der Waals surface area contributed by atoms with E-state index >= 15 is 0 Å². The number of aromatic nitrogens is 2. The Kier molecular flexibility index (Phi) is 5.77. The number of nitrogens with zero attached hydrogens (tertiary/aromatic N) is 2. The molecule has 130 valence electrons. The summed E-state index contributed by atoms with van der Waals surface area (Å²) in [6.07, 6.45) is 2.33. The fraction of sp³-hybridized carbons (Fsp3) is 0.412. The molecular formula is C17H24N4O2S. The molecule has 7 heteroatoms. The first kappa shape index (κ1) is 18.2. The second kappa shape index (κ2) is 7.61. The fourth-order valence-corrected chi connectivity index (χ4v) is 3.55. The Labute approximate surface area is 143 Å². The van der Waals surface area contributed by atoms with Gasteiger partial charge in [-0.1, -0.05) is 13.0 Å². The summed E-state index contributed by atoms with van der Waals surface area (Å²) in [4.78, 5) is 9.02. The smallest absolute Gasteiger partial charge is 0.224 e. The second-order valence-corrected chi connectivity index (χ2v) is 8.11. The third kappa shape index (κ3) is 4.67. The molecule has 0 atom stereocenters. The van der Waals surface area contributed by atoms with Crippen LogP contribution in [0.1, 0.15) is 32.8 Å². The summed E-state index contributed by atoms with van der Waals surface area (Å²) in [6, 6.07) is 7.04. The minimum Gasteiger partial charge on any atom is -0.352 e. The highest BCUT2D eigenvalue weighted by molar-refractivity contribution is 7.91. The lowest BCUT2D eigenvalue weighted by atomic mass is 10.3. The van der Waals surface area contributed by atoms with Crippen molar-refractivity contribution in [1.29, 1.82) is 0 Å². The number of hydrogen-bond acceptors (Lipinski definition) is 6. The second-order valence-electron chi connectivity index (χ2n) is 6.00. The van der Waals surface area contributed by atoms with E-state index in [1.165, 1.54) is 0 Å². The Morgan fingerprint density at radius 2 is 2.00 bits per heavy atom. The van der Waals surface area contributed by atoms with Gasteiger partial charge in [-0.3, -0.25) is 0 Å². The number of sulfone groups is 1. The predicted molar refractivity (Wildman–Crippen MR) is 97.6 cm³/mol. The van der Waals surface area contributed by atoms with Crippen molar-refractivity contribution in [1.82, 2.24) is 9.97 Å². The minimum absolute atomic E-state index is 0.144. The average Bonchev–Trinajstić information content (AvgIpc) is 2.50. The highest BCUT2D eigenvalue weighted by Crippen LogP contribution is 2.22. The number of aryl methyl sites for hydroxylation is 1. The maximum Gasteiger partial charge on any atom is 0.224 e. The molecule has 0 amide bonds. The highest BCUT2D eigenvalue weighted by atomic mass is 32.2. The summed E-state index contributed by atoms with van der Waals surface area (Å²) >= 11 is 0. The highest BCUT2D eigenvalue weighted by Gasteiger charge is 2.14. The molecule has 0 aliphatic rings. The van der Waals surface area contributed by atoms with Crippen molar-refractivity contribution in [3.05, 3.63) is 36.0 Å². The zero-order valence-corrected chi connectivity index (χ0v) is 15.3. The van der Waals surface area contributed by atoms with Crippen molar-refractivity contribution in [3.8, 4) is 0 Å². The van der Waals surface area contributed by atoms with E-state index in [1.54, 1.807) is 24.4 Å². The van der Waals surface area contributed by atoms with Crippen LogP contribution in [0.2, 0.25) is 0 Å². The van der Waals surface area contributed by atoms with Crippen molar-refractivity contribution in [2.24, 2.45) is 0 Å². The van der Waals surface area contributed by atoms with E-state index in [0.29, 0.717) is 28.8 Å². The maximum absolute atomic E-state index is 12.2. The molecular weight excluding hydrogens is 324 g/mol. The molecule has 0 saturated heterocycles. The molecule has 0 saturated carbocycles. The van der Waals surface area contributed by atoms with Crippen LogP contribution >= 0.6 is 0 Å². The van der Waals surface area contributed by atoms with Gasteiger partial charge in [0.15, 0.2) is 9.84 Å². The molecule has 1 aromatic carbocycles. The molecule has 1 heterocycles. The summed E-state index contributed by atoms with van der Waals surface area (Å²) in [6.45, 7) is 7.78. The fourth-order valence-electron chi connectivity index (χ4n) is 2.19. The van der Waals surface area contributed by atoms with Crippen LogP contribution in [0.4, 0.5) is 17.5 Å². The van der Waals surface area contributed by atoms with E-state index in [2.05, 4.69) is 20.6 Å². The molecule has 0 aliphatic heterocycles. The van der Waals surface area contributed by atoms with E-state index in [0.717, 1.165) is 5.56 Å². The lowest BCUT2D eigenvalue weighted by molar-refractivity contribution is 0.595. The standard InChI is InChI=1S/C17H24N4O2S/c1-5-9-24(22,23)15-8-6-7-14(10-15)20-16-13(4)11-18-17(21-16)19-12(2)3/h6-8,10-12H,5,9H2,1-4H3,(H2,18,19,20,21). The van der Waals surface area contributed by atoms with E-state index in [-0.39, 0.29) is 11.8 Å². The zero-order valence-electron chi connectivity index (χ0n) is 14.5. The molecule has 0 radical (unpaired) electrons. The summed E-state index contributed by atoms with van der Waals surface area (Å²) < 4.78 is 24.4. The van der Waals surface area contributed by atoms with Crippen molar-refractivity contribution >= 4 is 27.3 Å². The van der Waals surface area contributed by atoms with Crippen molar-refractivity contribution in [3.63, 3.8) is 0 Å². The largest absolute Gasteiger partial charge is 0.352 e. The van der Waals surface area contributed by atoms with Crippen LogP contribution in [0.15, 0.2) is 35.4 Å². The van der Waals surface area contributed by atoms with Gasteiger partial charge in [-0.25, -0.2) is 13.4 Å². The number of nitrogens with one attached hydrogen (secondary N) is 2. The van der Waals surface area contributed by atoms with Gasteiger partial charge in [-0.05, 0) is 45.4 Å². The van der Waals surface area contributed by atoms with E-state index in [1.807, 2.05) is 33.8 Å². The zero-order chi connectivity index (χ0) is 17.7. The average molecular weight is 348 g/mol. The third-order valence-electron chi connectivity index (χ3n) is 3.32. The Hall–Kier alpha value is -2.15. The van der Waals surface area contributed by atoms with Crippen LogP contribution < -0.4 is 10.6 Å². The molecule has 1 aromatic heterocycles. The van der Waals surface area contributed by atoms with Gasteiger partial charge >= 0.3 is 0 Å². The lowest BCUT2D eigenvalue weighted by Gasteiger charge is -2.13. The topological polar surface area (TPSA) is 84.0 Å². The van der Waals surface area contributed by atoms with Gasteiger partial charge in [-0.15, -0.1) is 0 Å². The summed E-state index contributed by atoms with van der Waals surface area (Å²) in [5.41, 5.74) is 1.57. The van der Waals surface area contributed by atoms with Gasteiger partial charge in [0, 0.05) is 23.5 Å². The Morgan fingerprint density at radius 3 is 2.67 bits per heavy atom. The molecule has 2 N–H and O–H groups in total. The number of hydrogen-bond donors (Lipinski definition) is 2. The molecule has 24 heavy (non-hydrogen) atoms. The van der Waals surface area contributed by atoms with Gasteiger partial charge in [0.25, 0.3) is 0 Å². The van der Waals surface area contributed by atoms with Gasteiger partial charge in [-0.2, -0.15) is 4.98 Å². The van der Waals surface area contributed by atoms with Crippen LogP contribution in [-0.2, 0) is 9.84 Å².